The van der Waals surface area contributed by atoms with Crippen molar-refractivity contribution in [3.8, 4) is 22.3 Å². The highest BCUT2D eigenvalue weighted by atomic mass is 16.7. The lowest BCUT2D eigenvalue weighted by atomic mass is 9.73. The lowest BCUT2D eigenvalue weighted by molar-refractivity contribution is 0.00578. The molecule has 0 saturated carbocycles. The van der Waals surface area contributed by atoms with Crippen LogP contribution in [0.5, 0.6) is 0 Å². The molecule has 1 aliphatic heterocycles. The van der Waals surface area contributed by atoms with Gasteiger partial charge in [0.2, 0.25) is 0 Å². The van der Waals surface area contributed by atoms with Crippen LogP contribution < -0.4 is 5.46 Å². The first-order valence-corrected chi connectivity index (χ1v) is 10.8. The summed E-state index contributed by atoms with van der Waals surface area (Å²) in [6.45, 7) is 13.1. The summed E-state index contributed by atoms with van der Waals surface area (Å²) in [5, 5.41) is 0. The van der Waals surface area contributed by atoms with E-state index < -0.39 is 0 Å². The fraction of sp³-hybridized carbons (Fsp3) is 0.333. The molecular weight excluding hydrogens is 367 g/mol. The Morgan fingerprint density at radius 1 is 0.633 bits per heavy atom. The minimum Gasteiger partial charge on any atom is -0.399 e. The van der Waals surface area contributed by atoms with Crippen molar-refractivity contribution in [3.63, 3.8) is 0 Å². The average molecular weight is 396 g/mol. The Hall–Kier alpha value is -2.36. The van der Waals surface area contributed by atoms with Gasteiger partial charge in [0.1, 0.15) is 0 Å². The normalized spacial score (nSPS) is 20.1. The van der Waals surface area contributed by atoms with Crippen LogP contribution in [0.4, 0.5) is 0 Å². The molecule has 3 aromatic carbocycles. The Morgan fingerprint density at radius 2 is 1.20 bits per heavy atom. The molecule has 0 unspecified atom stereocenters. The van der Waals surface area contributed by atoms with E-state index in [1.54, 1.807) is 0 Å². The first kappa shape index (κ1) is 19.6. The maximum Gasteiger partial charge on any atom is 0.494 e. The summed E-state index contributed by atoms with van der Waals surface area (Å²) in [7, 11) is -0.376. The minimum absolute atomic E-state index is 0.0639. The highest BCUT2D eigenvalue weighted by Gasteiger charge is 2.52. The smallest absolute Gasteiger partial charge is 0.399 e. The number of benzene rings is 3. The number of hydrogen-bond acceptors (Lipinski definition) is 2. The van der Waals surface area contributed by atoms with E-state index in [1.807, 2.05) is 0 Å². The summed E-state index contributed by atoms with van der Waals surface area (Å²) in [6, 6.07) is 24.0. The third kappa shape index (κ3) is 2.72. The molecule has 0 aromatic heterocycles. The molecule has 5 rings (SSSR count). The number of hydrogen-bond donors (Lipinski definition) is 0. The first-order valence-electron chi connectivity index (χ1n) is 10.8. The zero-order chi connectivity index (χ0) is 21.3. The first-order chi connectivity index (χ1) is 14.1. The predicted molar refractivity (Wildman–Crippen MR) is 125 cm³/mol. The molecule has 1 heterocycles. The Kier molecular flexibility index (Phi) is 4.13. The van der Waals surface area contributed by atoms with E-state index in [0.717, 1.165) is 5.46 Å². The van der Waals surface area contributed by atoms with Crippen LogP contribution in [-0.4, -0.2) is 18.3 Å². The van der Waals surface area contributed by atoms with Gasteiger partial charge in [0, 0.05) is 5.41 Å². The highest BCUT2D eigenvalue weighted by Crippen LogP contribution is 2.52. The van der Waals surface area contributed by atoms with Crippen LogP contribution in [0.1, 0.15) is 52.7 Å². The molecule has 152 valence electrons. The molecule has 1 saturated heterocycles. The van der Waals surface area contributed by atoms with Crippen LogP contribution in [-0.2, 0) is 14.7 Å². The van der Waals surface area contributed by atoms with Gasteiger partial charge in [-0.1, -0.05) is 80.6 Å². The molecule has 0 N–H and O–H groups in total. The van der Waals surface area contributed by atoms with E-state index in [1.165, 1.54) is 33.4 Å². The molecule has 0 atom stereocenters. The summed E-state index contributed by atoms with van der Waals surface area (Å²) in [4.78, 5) is 0. The second-order valence-electron chi connectivity index (χ2n) is 10.1. The maximum absolute atomic E-state index is 6.42. The zero-order valence-corrected chi connectivity index (χ0v) is 18.7. The fourth-order valence-corrected chi connectivity index (χ4v) is 4.91. The van der Waals surface area contributed by atoms with Crippen molar-refractivity contribution in [1.29, 1.82) is 0 Å². The lowest BCUT2D eigenvalue weighted by Gasteiger charge is -2.32. The van der Waals surface area contributed by atoms with Gasteiger partial charge in [0.25, 0.3) is 0 Å². The van der Waals surface area contributed by atoms with Gasteiger partial charge in [0.15, 0.2) is 0 Å². The van der Waals surface area contributed by atoms with Crippen molar-refractivity contribution in [1.82, 2.24) is 0 Å². The van der Waals surface area contributed by atoms with Gasteiger partial charge >= 0.3 is 7.12 Å². The van der Waals surface area contributed by atoms with Crippen LogP contribution in [0.25, 0.3) is 22.3 Å². The van der Waals surface area contributed by atoms with Gasteiger partial charge in [-0.3, -0.25) is 0 Å². The molecule has 30 heavy (non-hydrogen) atoms. The van der Waals surface area contributed by atoms with Crippen LogP contribution in [0.15, 0.2) is 66.7 Å². The van der Waals surface area contributed by atoms with Gasteiger partial charge in [-0.15, -0.1) is 0 Å². The second kappa shape index (κ2) is 6.32. The molecule has 0 radical (unpaired) electrons. The molecular formula is C27H29BO2. The van der Waals surface area contributed by atoms with Crippen molar-refractivity contribution in [2.24, 2.45) is 0 Å². The summed E-state index contributed by atoms with van der Waals surface area (Å²) >= 11 is 0. The molecule has 3 heteroatoms. The van der Waals surface area contributed by atoms with E-state index in [4.69, 9.17) is 9.31 Å². The Morgan fingerprint density at radius 3 is 1.87 bits per heavy atom. The number of rotatable bonds is 2. The summed E-state index contributed by atoms with van der Waals surface area (Å²) in [5.41, 5.74) is 8.16. The third-order valence-corrected chi connectivity index (χ3v) is 7.29. The van der Waals surface area contributed by atoms with Crippen molar-refractivity contribution in [3.05, 3.63) is 77.9 Å². The van der Waals surface area contributed by atoms with E-state index in [2.05, 4.69) is 108 Å². The molecule has 2 nitrogen and oxygen atoms in total. The Balaban J connectivity index is 1.76. The Bertz CT molecular complexity index is 1110. The monoisotopic (exact) mass is 396 g/mol. The van der Waals surface area contributed by atoms with Crippen molar-refractivity contribution >= 4 is 12.6 Å². The van der Waals surface area contributed by atoms with Gasteiger partial charge in [-0.2, -0.15) is 0 Å². The van der Waals surface area contributed by atoms with Crippen LogP contribution in [0, 0.1) is 0 Å². The van der Waals surface area contributed by atoms with Crippen LogP contribution >= 0.6 is 0 Å². The van der Waals surface area contributed by atoms with E-state index >= 15 is 0 Å². The largest absolute Gasteiger partial charge is 0.494 e. The quantitative estimate of drug-likeness (QED) is 0.498. The van der Waals surface area contributed by atoms with Gasteiger partial charge < -0.3 is 9.31 Å². The van der Waals surface area contributed by atoms with Gasteiger partial charge in [-0.25, -0.2) is 0 Å². The average Bonchev–Trinajstić information content (AvgIpc) is 3.08. The van der Waals surface area contributed by atoms with Crippen LogP contribution in [0.3, 0.4) is 0 Å². The van der Waals surface area contributed by atoms with Crippen LogP contribution in [0.2, 0.25) is 0 Å². The van der Waals surface area contributed by atoms with Crippen molar-refractivity contribution < 1.29 is 9.31 Å². The van der Waals surface area contributed by atoms with E-state index in [-0.39, 0.29) is 23.7 Å². The molecule has 1 fully saturated rings. The maximum atomic E-state index is 6.42. The summed E-state index contributed by atoms with van der Waals surface area (Å²) < 4.78 is 12.8. The minimum atomic E-state index is -0.376. The van der Waals surface area contributed by atoms with Gasteiger partial charge in [0.05, 0.1) is 11.2 Å². The summed E-state index contributed by atoms with van der Waals surface area (Å²) in [6.07, 6.45) is 0. The lowest BCUT2D eigenvalue weighted by Crippen LogP contribution is -2.41. The van der Waals surface area contributed by atoms with Gasteiger partial charge in [-0.05, 0) is 66.5 Å². The van der Waals surface area contributed by atoms with E-state index in [0.29, 0.717) is 0 Å². The number of fused-ring (bicyclic) bond motifs is 3. The second-order valence-corrected chi connectivity index (χ2v) is 10.1. The molecule has 0 bridgehead atoms. The Labute approximate surface area is 180 Å². The van der Waals surface area contributed by atoms with E-state index in [9.17, 15) is 0 Å². The molecule has 2 aliphatic rings. The standard InChI is InChI=1S/C27H29BO2/c1-25(2)23-15-11-10-14-20(23)22-17-19(28-29-26(3,4)27(5,6)30-28)16-21(24(22)25)18-12-8-7-9-13-18/h7-17H,1-6H3. The van der Waals surface area contributed by atoms with Crippen molar-refractivity contribution in [2.45, 2.75) is 58.2 Å². The molecule has 3 aromatic rings. The van der Waals surface area contributed by atoms with Crippen molar-refractivity contribution in [2.75, 3.05) is 0 Å². The SMILES string of the molecule is CC1(C)c2ccccc2-c2cc(B3OC(C)(C)C(C)(C)O3)cc(-c3ccccc3)c21. The summed E-state index contributed by atoms with van der Waals surface area (Å²) in [5.74, 6) is 0. The molecule has 1 aliphatic carbocycles. The zero-order valence-electron chi connectivity index (χ0n) is 18.7. The third-order valence-electron chi connectivity index (χ3n) is 7.29. The molecule has 0 amide bonds. The highest BCUT2D eigenvalue weighted by molar-refractivity contribution is 6.62. The molecule has 0 spiro atoms. The predicted octanol–water partition coefficient (Wildman–Crippen LogP) is 5.96. The topological polar surface area (TPSA) is 18.5 Å². The fourth-order valence-electron chi connectivity index (χ4n) is 4.91.